The molecule has 1 unspecified atom stereocenters. The van der Waals surface area contributed by atoms with Gasteiger partial charge in [0.2, 0.25) is 5.91 Å². The van der Waals surface area contributed by atoms with Gasteiger partial charge in [-0.25, -0.2) is 0 Å². The van der Waals surface area contributed by atoms with Crippen LogP contribution in [0.5, 0.6) is 0 Å². The number of carbonyl (C=O) groups excluding carboxylic acids is 1. The van der Waals surface area contributed by atoms with E-state index in [1.54, 1.807) is 0 Å². The van der Waals surface area contributed by atoms with Crippen molar-refractivity contribution in [1.82, 2.24) is 14.8 Å². The summed E-state index contributed by atoms with van der Waals surface area (Å²) in [5.74, 6) is 0.956. The van der Waals surface area contributed by atoms with Crippen molar-refractivity contribution in [3.05, 3.63) is 60.7 Å². The minimum atomic E-state index is 0.216. The van der Waals surface area contributed by atoms with Crippen LogP contribution in [-0.4, -0.2) is 54.4 Å². The zero-order chi connectivity index (χ0) is 22.8. The number of likely N-dealkylation sites (tertiary alicyclic amines) is 1. The van der Waals surface area contributed by atoms with Crippen LogP contribution in [0.25, 0.3) is 0 Å². The fraction of sp³-hybridized carbons (Fsp3) is 0.520. The molecule has 4 nitrogen and oxygen atoms in total. The third-order valence-corrected chi connectivity index (χ3v) is 8.09. The Hall–Kier alpha value is -0.950. The highest BCUT2D eigenvalue weighted by molar-refractivity contribution is 9.10. The van der Waals surface area contributed by atoms with Crippen LogP contribution in [0, 0.1) is 5.92 Å². The third-order valence-electron chi connectivity index (χ3n) is 6.78. The van der Waals surface area contributed by atoms with Crippen molar-refractivity contribution < 1.29 is 4.79 Å². The van der Waals surface area contributed by atoms with Crippen LogP contribution < -0.4 is 0 Å². The van der Waals surface area contributed by atoms with E-state index in [-0.39, 0.29) is 5.92 Å². The van der Waals surface area contributed by atoms with Gasteiger partial charge in [0.05, 0.1) is 5.69 Å². The Bertz CT molecular complexity index is 989. The van der Waals surface area contributed by atoms with Crippen molar-refractivity contribution >= 4 is 49.4 Å². The van der Waals surface area contributed by atoms with E-state index in [9.17, 15) is 4.79 Å². The second-order valence-electron chi connectivity index (χ2n) is 9.26. The molecule has 1 aromatic heterocycles. The molecule has 0 radical (unpaired) electrons. The summed E-state index contributed by atoms with van der Waals surface area (Å²) in [6, 6.07) is 6.36. The summed E-state index contributed by atoms with van der Waals surface area (Å²) in [4.78, 5) is 21.8. The Morgan fingerprint density at radius 2 is 1.88 bits per heavy atom. The highest BCUT2D eigenvalue weighted by Crippen LogP contribution is 2.46. The first-order chi connectivity index (χ1) is 15.3. The highest BCUT2D eigenvalue weighted by Gasteiger charge is 2.36. The lowest BCUT2D eigenvalue weighted by Gasteiger charge is -2.37. The van der Waals surface area contributed by atoms with Gasteiger partial charge >= 0.3 is 0 Å². The molecule has 1 amide bonds. The molecule has 7 heteroatoms. The number of aryl methyl sites for hydroxylation is 2. The largest absolute Gasteiger partial charge is 0.343 e. The summed E-state index contributed by atoms with van der Waals surface area (Å²) in [5, 5.41) is 0.771. The zero-order valence-electron chi connectivity index (χ0n) is 18.7. The number of hydrogen-bond donors (Lipinski definition) is 0. The minimum absolute atomic E-state index is 0.216. The van der Waals surface area contributed by atoms with Gasteiger partial charge in [-0.2, -0.15) is 0 Å². The van der Waals surface area contributed by atoms with Crippen molar-refractivity contribution in [2.75, 3.05) is 33.7 Å². The number of nitrogens with zero attached hydrogens (tertiary/aromatic N) is 3. The second kappa shape index (κ2) is 10.5. The molecule has 2 aromatic rings. The molecule has 1 atom stereocenters. The van der Waals surface area contributed by atoms with Gasteiger partial charge < -0.3 is 9.80 Å². The number of benzene rings is 1. The number of rotatable bonds is 5. The van der Waals surface area contributed by atoms with Crippen LogP contribution in [0.2, 0.25) is 5.02 Å². The molecule has 0 saturated carbocycles. The third kappa shape index (κ3) is 5.40. The van der Waals surface area contributed by atoms with Gasteiger partial charge in [0.1, 0.15) is 0 Å². The van der Waals surface area contributed by atoms with Gasteiger partial charge in [-0.3, -0.25) is 9.78 Å². The van der Waals surface area contributed by atoms with Crippen molar-refractivity contribution in [2.24, 2.45) is 5.92 Å². The maximum atomic E-state index is 12.7. The molecule has 1 fully saturated rings. The molecule has 4 rings (SSSR count). The Labute approximate surface area is 213 Å². The molecule has 1 aliphatic carbocycles. The first kappa shape index (κ1) is 24.2. The molecule has 1 aliphatic heterocycles. The molecule has 0 N–H and O–H groups in total. The Morgan fingerprint density at radius 1 is 1.16 bits per heavy atom. The first-order valence-electron chi connectivity index (χ1n) is 11.4. The number of piperidine rings is 1. The summed E-state index contributed by atoms with van der Waals surface area (Å²) < 4.78 is 2.10. The van der Waals surface area contributed by atoms with Crippen LogP contribution in [-0.2, 0) is 17.6 Å². The van der Waals surface area contributed by atoms with Crippen LogP contribution in [0.4, 0.5) is 0 Å². The number of amides is 1. The average molecular weight is 584 g/mol. The SMILES string of the molecule is CN(C)CCCC(=O)N1CCC(C2c3ncc(Br)cc3CCc3cc(Cl)cc(Br)c32)CC1. The number of pyridine rings is 1. The van der Waals surface area contributed by atoms with Gasteiger partial charge in [0.15, 0.2) is 0 Å². The van der Waals surface area contributed by atoms with Gasteiger partial charge in [-0.1, -0.05) is 27.5 Å². The van der Waals surface area contributed by atoms with E-state index in [0.29, 0.717) is 18.2 Å². The fourth-order valence-corrected chi connectivity index (χ4v) is 6.72. The molecule has 0 spiro atoms. The van der Waals surface area contributed by atoms with Crippen LogP contribution in [0.1, 0.15) is 54.0 Å². The Kier molecular flexibility index (Phi) is 7.97. The highest BCUT2D eigenvalue weighted by atomic mass is 79.9. The molecule has 1 saturated heterocycles. The van der Waals surface area contributed by atoms with Crippen molar-refractivity contribution in [3.8, 4) is 0 Å². The lowest BCUT2D eigenvalue weighted by molar-refractivity contribution is -0.132. The van der Waals surface area contributed by atoms with Gasteiger partial charge in [-0.05, 0) is 109 Å². The number of hydrogen-bond acceptors (Lipinski definition) is 3. The fourth-order valence-electron chi connectivity index (χ4n) is 5.22. The standard InChI is InChI=1S/C25H30Br2ClN3O/c1-30(2)9-3-4-22(32)31-10-7-16(8-11-31)24-23-17(13-20(28)14-21(23)27)5-6-18-12-19(26)15-29-25(18)24/h12-16,24H,3-11H2,1-2H3. The predicted octanol–water partition coefficient (Wildman–Crippen LogP) is 6.07. The second-order valence-corrected chi connectivity index (χ2v) is 11.5. The monoisotopic (exact) mass is 581 g/mol. The lowest BCUT2D eigenvalue weighted by atomic mass is 9.76. The summed E-state index contributed by atoms with van der Waals surface area (Å²) in [7, 11) is 4.10. The molecular formula is C25H30Br2ClN3O. The van der Waals surface area contributed by atoms with Crippen molar-refractivity contribution in [3.63, 3.8) is 0 Å². The summed E-state index contributed by atoms with van der Waals surface area (Å²) in [6.07, 6.45) is 7.38. The van der Waals surface area contributed by atoms with Crippen LogP contribution >= 0.6 is 43.5 Å². The first-order valence-corrected chi connectivity index (χ1v) is 13.3. The summed E-state index contributed by atoms with van der Waals surface area (Å²) in [5.41, 5.74) is 5.14. The maximum Gasteiger partial charge on any atom is 0.222 e. The van der Waals surface area contributed by atoms with Gasteiger partial charge in [-0.15, -0.1) is 0 Å². The topological polar surface area (TPSA) is 36.4 Å². The van der Waals surface area contributed by atoms with E-state index in [1.807, 2.05) is 12.3 Å². The smallest absolute Gasteiger partial charge is 0.222 e. The number of fused-ring (bicyclic) bond motifs is 2. The van der Waals surface area contributed by atoms with Crippen molar-refractivity contribution in [2.45, 2.75) is 44.4 Å². The Balaban J connectivity index is 1.58. The molecule has 2 heterocycles. The van der Waals surface area contributed by atoms with E-state index in [2.05, 4.69) is 67.9 Å². The number of aromatic nitrogens is 1. The average Bonchev–Trinajstić information content (AvgIpc) is 2.90. The van der Waals surface area contributed by atoms with E-state index in [1.165, 1.54) is 22.4 Å². The molecular weight excluding hydrogens is 554 g/mol. The molecule has 32 heavy (non-hydrogen) atoms. The Morgan fingerprint density at radius 3 is 2.59 bits per heavy atom. The lowest BCUT2D eigenvalue weighted by Crippen LogP contribution is -2.40. The van der Waals surface area contributed by atoms with E-state index in [0.717, 1.165) is 65.7 Å². The zero-order valence-corrected chi connectivity index (χ0v) is 22.6. The van der Waals surface area contributed by atoms with Crippen LogP contribution in [0.15, 0.2) is 33.3 Å². The normalized spacial score (nSPS) is 18.9. The molecule has 2 aliphatic rings. The van der Waals surface area contributed by atoms with Crippen molar-refractivity contribution in [1.29, 1.82) is 0 Å². The van der Waals surface area contributed by atoms with Gasteiger partial charge in [0.25, 0.3) is 0 Å². The molecule has 0 bridgehead atoms. The van der Waals surface area contributed by atoms with E-state index in [4.69, 9.17) is 16.6 Å². The maximum absolute atomic E-state index is 12.7. The van der Waals surface area contributed by atoms with Gasteiger partial charge in [0, 0.05) is 45.6 Å². The predicted molar refractivity (Wildman–Crippen MR) is 137 cm³/mol. The number of halogens is 3. The van der Waals surface area contributed by atoms with E-state index >= 15 is 0 Å². The van der Waals surface area contributed by atoms with E-state index < -0.39 is 0 Å². The molecule has 1 aromatic carbocycles. The number of carbonyl (C=O) groups is 1. The van der Waals surface area contributed by atoms with Crippen LogP contribution in [0.3, 0.4) is 0 Å². The summed E-state index contributed by atoms with van der Waals surface area (Å²) >= 11 is 13.9. The molecule has 172 valence electrons. The summed E-state index contributed by atoms with van der Waals surface area (Å²) in [6.45, 7) is 2.61. The quantitative estimate of drug-likeness (QED) is 0.429. The minimum Gasteiger partial charge on any atom is -0.343 e.